The Morgan fingerprint density at radius 1 is 1.13 bits per heavy atom. The lowest BCUT2D eigenvalue weighted by molar-refractivity contribution is -0.109. The normalized spacial score (nSPS) is 25.9. The number of piperidine rings is 1. The quantitative estimate of drug-likeness (QED) is 0.547. The van der Waals surface area contributed by atoms with Crippen LogP contribution < -0.4 is 15.1 Å². The van der Waals surface area contributed by atoms with Crippen LogP contribution in [0.3, 0.4) is 0 Å². The van der Waals surface area contributed by atoms with E-state index in [9.17, 15) is 4.79 Å². The number of thioether (sulfide) groups is 1. The number of nitrogens with zero attached hydrogens (tertiary/aromatic N) is 3. The second kappa shape index (κ2) is 10.7. The first-order valence-corrected chi connectivity index (χ1v) is 12.3. The highest BCUT2D eigenvalue weighted by molar-refractivity contribution is 7.99. The first-order valence-electron chi connectivity index (χ1n) is 11.1. The lowest BCUT2D eigenvalue weighted by atomic mass is 9.73. The van der Waals surface area contributed by atoms with Crippen LogP contribution in [0.1, 0.15) is 20.3 Å². The maximum Gasteiger partial charge on any atom is 0.207 e. The molecule has 7 heteroatoms. The third kappa shape index (κ3) is 5.83. The molecule has 4 aliphatic rings. The fourth-order valence-corrected chi connectivity index (χ4v) is 6.04. The highest BCUT2D eigenvalue weighted by Gasteiger charge is 2.45. The van der Waals surface area contributed by atoms with Gasteiger partial charge in [0.1, 0.15) is 0 Å². The van der Waals surface area contributed by atoms with Gasteiger partial charge < -0.3 is 25.1 Å². The van der Waals surface area contributed by atoms with Crippen LogP contribution in [0.25, 0.3) is 0 Å². The SMILES string of the molecule is CN1CC2CN(c3ccc(N4CCSCC4)cc3)C(C1)C(C)(C)C2.O=CNCCO. The molecule has 4 saturated heterocycles. The number of likely N-dealkylation sites (N-methyl/N-ethyl adjacent to an activating group) is 1. The summed E-state index contributed by atoms with van der Waals surface area (Å²) in [6, 6.07) is 10.1. The molecule has 5 rings (SSSR count). The van der Waals surface area contributed by atoms with E-state index in [1.54, 1.807) is 0 Å². The molecule has 30 heavy (non-hydrogen) atoms. The maximum absolute atomic E-state index is 9.34. The predicted octanol–water partition coefficient (Wildman–Crippen LogP) is 2.13. The highest BCUT2D eigenvalue weighted by Crippen LogP contribution is 2.43. The van der Waals surface area contributed by atoms with Crippen LogP contribution in [0.4, 0.5) is 11.4 Å². The lowest BCUT2D eigenvalue weighted by Gasteiger charge is -2.48. The van der Waals surface area contributed by atoms with Crippen molar-refractivity contribution in [2.75, 3.05) is 74.2 Å². The zero-order chi connectivity index (χ0) is 21.6. The molecule has 4 aliphatic heterocycles. The predicted molar refractivity (Wildman–Crippen MR) is 128 cm³/mol. The molecule has 4 heterocycles. The van der Waals surface area contributed by atoms with Gasteiger partial charge >= 0.3 is 0 Å². The lowest BCUT2D eigenvalue weighted by Crippen LogP contribution is -2.53. The van der Waals surface area contributed by atoms with E-state index in [1.807, 2.05) is 0 Å². The fraction of sp³-hybridized carbons (Fsp3) is 0.696. The van der Waals surface area contributed by atoms with Gasteiger partial charge in [-0.15, -0.1) is 0 Å². The molecule has 2 N–H and O–H groups in total. The first-order chi connectivity index (χ1) is 14.4. The summed E-state index contributed by atoms with van der Waals surface area (Å²) in [5.41, 5.74) is 3.22. The van der Waals surface area contributed by atoms with Crippen molar-refractivity contribution in [2.45, 2.75) is 26.3 Å². The van der Waals surface area contributed by atoms with E-state index in [0.717, 1.165) is 5.92 Å². The van der Waals surface area contributed by atoms with Crippen LogP contribution in [0.15, 0.2) is 24.3 Å². The summed E-state index contributed by atoms with van der Waals surface area (Å²) in [7, 11) is 2.29. The number of hydrogen-bond acceptors (Lipinski definition) is 6. The van der Waals surface area contributed by atoms with Gasteiger partial charge in [0.25, 0.3) is 0 Å². The van der Waals surface area contributed by atoms with Crippen LogP contribution in [0.5, 0.6) is 0 Å². The van der Waals surface area contributed by atoms with Crippen LogP contribution in [-0.4, -0.2) is 86.9 Å². The topological polar surface area (TPSA) is 59.0 Å². The summed E-state index contributed by atoms with van der Waals surface area (Å²) in [4.78, 5) is 17.1. The van der Waals surface area contributed by atoms with E-state index in [-0.39, 0.29) is 6.61 Å². The molecule has 1 amide bonds. The molecule has 0 aliphatic carbocycles. The number of hydrogen-bond donors (Lipinski definition) is 2. The van der Waals surface area contributed by atoms with E-state index in [0.29, 0.717) is 24.4 Å². The van der Waals surface area contributed by atoms with Gasteiger partial charge in [-0.2, -0.15) is 11.8 Å². The summed E-state index contributed by atoms with van der Waals surface area (Å²) in [5, 5.41) is 10.2. The molecule has 2 atom stereocenters. The number of carbonyl (C=O) groups excluding carboxylic acids is 1. The Hall–Kier alpha value is -1.44. The van der Waals surface area contributed by atoms with Crippen molar-refractivity contribution in [3.8, 4) is 0 Å². The molecule has 0 radical (unpaired) electrons. The molecular formula is C23H38N4O2S. The number of fused-ring (bicyclic) bond motifs is 4. The number of anilines is 2. The summed E-state index contributed by atoms with van der Waals surface area (Å²) < 4.78 is 0. The van der Waals surface area contributed by atoms with Gasteiger partial charge in [-0.3, -0.25) is 4.79 Å². The van der Waals surface area contributed by atoms with E-state index >= 15 is 0 Å². The average Bonchev–Trinajstić information content (AvgIpc) is 2.98. The zero-order valence-corrected chi connectivity index (χ0v) is 19.5. The van der Waals surface area contributed by atoms with Crippen LogP contribution in [0.2, 0.25) is 0 Å². The van der Waals surface area contributed by atoms with Gasteiger partial charge in [0.15, 0.2) is 0 Å². The molecule has 1 aromatic rings. The van der Waals surface area contributed by atoms with Crippen molar-refractivity contribution in [2.24, 2.45) is 11.3 Å². The second-order valence-corrected chi connectivity index (χ2v) is 10.6. The van der Waals surface area contributed by atoms with Gasteiger partial charge in [-0.25, -0.2) is 0 Å². The Kier molecular flexibility index (Phi) is 8.31. The van der Waals surface area contributed by atoms with Crippen molar-refractivity contribution >= 4 is 29.5 Å². The Morgan fingerprint density at radius 2 is 1.80 bits per heavy atom. The molecule has 0 saturated carbocycles. The summed E-state index contributed by atoms with van der Waals surface area (Å²) in [6.07, 6.45) is 1.91. The minimum absolute atomic E-state index is 0.0126. The molecular weight excluding hydrogens is 396 g/mol. The van der Waals surface area contributed by atoms with Gasteiger partial charge in [-0.1, -0.05) is 13.8 Å². The van der Waals surface area contributed by atoms with Crippen LogP contribution in [-0.2, 0) is 4.79 Å². The van der Waals surface area contributed by atoms with Crippen molar-refractivity contribution in [3.63, 3.8) is 0 Å². The average molecular weight is 435 g/mol. The molecule has 6 nitrogen and oxygen atoms in total. The Bertz CT molecular complexity index is 664. The smallest absolute Gasteiger partial charge is 0.207 e. The maximum atomic E-state index is 9.34. The highest BCUT2D eigenvalue weighted by atomic mass is 32.2. The summed E-state index contributed by atoms with van der Waals surface area (Å²) in [5.74, 6) is 3.32. The van der Waals surface area contributed by atoms with Gasteiger partial charge in [0.2, 0.25) is 6.41 Å². The monoisotopic (exact) mass is 434 g/mol. The molecule has 2 bridgehead atoms. The van der Waals surface area contributed by atoms with E-state index < -0.39 is 0 Å². The summed E-state index contributed by atoms with van der Waals surface area (Å²) >= 11 is 2.08. The molecule has 168 valence electrons. The molecule has 1 aromatic carbocycles. The van der Waals surface area contributed by atoms with Crippen molar-refractivity contribution in [3.05, 3.63) is 24.3 Å². The third-order valence-corrected chi connectivity index (χ3v) is 7.44. The number of rotatable bonds is 5. The van der Waals surface area contributed by atoms with Crippen LogP contribution in [0, 0.1) is 11.3 Å². The zero-order valence-electron chi connectivity index (χ0n) is 18.7. The number of aliphatic hydroxyl groups is 1. The number of amides is 1. The van der Waals surface area contributed by atoms with Crippen molar-refractivity contribution in [1.29, 1.82) is 0 Å². The summed E-state index contributed by atoms with van der Waals surface area (Å²) in [6.45, 7) is 11.3. The fourth-order valence-electron chi connectivity index (χ4n) is 5.14. The number of nitrogens with one attached hydrogen (secondary N) is 1. The van der Waals surface area contributed by atoms with E-state index in [4.69, 9.17) is 5.11 Å². The number of benzene rings is 1. The van der Waals surface area contributed by atoms with Gasteiger partial charge in [-0.05, 0) is 49.1 Å². The molecule has 0 spiro atoms. The standard InChI is InChI=1S/C20H31N3S.C3H7NO2/c1-20(2)12-16-13-21(3)15-19(20)23(14-16)18-6-4-17(5-7-18)22-8-10-24-11-9-22;5-2-1-4-3-6/h4-7,16,19H,8-15H2,1-3H3;3,5H,1-2H2,(H,4,6). The molecule has 0 aromatic heterocycles. The van der Waals surface area contributed by atoms with Gasteiger partial charge in [0.05, 0.1) is 6.61 Å². The second-order valence-electron chi connectivity index (χ2n) is 9.36. The third-order valence-electron chi connectivity index (χ3n) is 6.50. The number of carbonyl (C=O) groups is 1. The first kappa shape index (κ1) is 23.2. The van der Waals surface area contributed by atoms with Crippen molar-refractivity contribution in [1.82, 2.24) is 10.2 Å². The Labute approximate surface area is 186 Å². The van der Waals surface area contributed by atoms with Crippen molar-refractivity contribution < 1.29 is 9.90 Å². The van der Waals surface area contributed by atoms with E-state index in [2.05, 4.69) is 76.9 Å². The molecule has 2 unspecified atom stereocenters. The van der Waals surface area contributed by atoms with E-state index in [1.165, 1.54) is 62.0 Å². The van der Waals surface area contributed by atoms with Crippen LogP contribution >= 0.6 is 11.8 Å². The van der Waals surface area contributed by atoms with Gasteiger partial charge in [0, 0.05) is 68.2 Å². The minimum Gasteiger partial charge on any atom is -0.395 e. The molecule has 4 fully saturated rings. The Morgan fingerprint density at radius 3 is 2.40 bits per heavy atom. The Balaban J connectivity index is 0.000000377. The number of aliphatic hydroxyl groups excluding tert-OH is 1. The largest absolute Gasteiger partial charge is 0.395 e. The minimum atomic E-state index is 0.0126.